The number of rotatable bonds is 6. The Labute approximate surface area is 91.3 Å². The van der Waals surface area contributed by atoms with Crippen LogP contribution in [0.1, 0.15) is 25.3 Å². The van der Waals surface area contributed by atoms with Crippen LogP contribution >= 0.6 is 0 Å². The largest absolute Gasteiger partial charge is 0.497 e. The van der Waals surface area contributed by atoms with E-state index in [1.54, 1.807) is 7.11 Å². The average Bonchev–Trinajstić information content (AvgIpc) is 2.29. The second kappa shape index (κ2) is 6.23. The molecule has 15 heavy (non-hydrogen) atoms. The van der Waals surface area contributed by atoms with Crippen LogP contribution in [0.15, 0.2) is 24.3 Å². The summed E-state index contributed by atoms with van der Waals surface area (Å²) in [7, 11) is 1.67. The second-order valence-electron chi connectivity index (χ2n) is 3.85. The lowest BCUT2D eigenvalue weighted by molar-refractivity contribution is -0.110. The molecular weight excluding hydrogens is 188 g/mol. The molecule has 0 N–H and O–H groups in total. The standard InChI is InChI=1S/C13H18O2/c1-11(10-14)4-3-5-12-6-8-13(15-2)9-7-12/h6-11H,3-5H2,1-2H3. The van der Waals surface area contributed by atoms with Crippen molar-refractivity contribution in [1.82, 2.24) is 0 Å². The van der Waals surface area contributed by atoms with Gasteiger partial charge >= 0.3 is 0 Å². The lowest BCUT2D eigenvalue weighted by Crippen LogP contribution is -1.96. The molecule has 82 valence electrons. The van der Waals surface area contributed by atoms with Crippen LogP contribution in [0.25, 0.3) is 0 Å². The summed E-state index contributed by atoms with van der Waals surface area (Å²) >= 11 is 0. The van der Waals surface area contributed by atoms with Gasteiger partial charge in [0.25, 0.3) is 0 Å². The van der Waals surface area contributed by atoms with Crippen LogP contribution in [0.5, 0.6) is 5.75 Å². The highest BCUT2D eigenvalue weighted by atomic mass is 16.5. The summed E-state index contributed by atoms with van der Waals surface area (Å²) in [6.45, 7) is 1.96. The van der Waals surface area contributed by atoms with Crippen LogP contribution in [0, 0.1) is 5.92 Å². The van der Waals surface area contributed by atoms with Crippen molar-refractivity contribution >= 4 is 6.29 Å². The van der Waals surface area contributed by atoms with Gasteiger partial charge in [0, 0.05) is 5.92 Å². The quantitative estimate of drug-likeness (QED) is 0.669. The highest BCUT2D eigenvalue weighted by Crippen LogP contribution is 2.14. The van der Waals surface area contributed by atoms with Crippen LogP contribution in [0.4, 0.5) is 0 Å². The lowest BCUT2D eigenvalue weighted by atomic mass is 10.0. The molecule has 0 aliphatic rings. The summed E-state index contributed by atoms with van der Waals surface area (Å²) in [5, 5.41) is 0. The first-order chi connectivity index (χ1) is 7.26. The molecule has 0 heterocycles. The fourth-order valence-electron chi connectivity index (χ4n) is 1.49. The number of methoxy groups -OCH3 is 1. The summed E-state index contributed by atoms with van der Waals surface area (Å²) < 4.78 is 5.08. The molecule has 2 heteroatoms. The van der Waals surface area contributed by atoms with Crippen LogP contribution in [-0.4, -0.2) is 13.4 Å². The number of aryl methyl sites for hydroxylation is 1. The van der Waals surface area contributed by atoms with E-state index < -0.39 is 0 Å². The molecular formula is C13H18O2. The molecule has 0 amide bonds. The number of carbonyl (C=O) groups is 1. The molecule has 0 aromatic heterocycles. The molecule has 0 aliphatic heterocycles. The topological polar surface area (TPSA) is 26.3 Å². The molecule has 0 saturated heterocycles. The number of ether oxygens (including phenoxy) is 1. The van der Waals surface area contributed by atoms with Crippen molar-refractivity contribution in [2.24, 2.45) is 5.92 Å². The molecule has 0 aliphatic carbocycles. The Bertz CT molecular complexity index is 290. The Morgan fingerprint density at radius 1 is 1.33 bits per heavy atom. The maximum atomic E-state index is 10.4. The van der Waals surface area contributed by atoms with E-state index in [-0.39, 0.29) is 5.92 Å². The minimum absolute atomic E-state index is 0.184. The fraction of sp³-hybridized carbons (Fsp3) is 0.462. The first kappa shape index (κ1) is 11.8. The second-order valence-corrected chi connectivity index (χ2v) is 3.85. The molecule has 0 bridgehead atoms. The zero-order valence-corrected chi connectivity index (χ0v) is 9.40. The van der Waals surface area contributed by atoms with Gasteiger partial charge in [0.15, 0.2) is 0 Å². The monoisotopic (exact) mass is 206 g/mol. The Kier molecular flexibility index (Phi) is 4.88. The zero-order valence-electron chi connectivity index (χ0n) is 9.40. The van der Waals surface area contributed by atoms with Gasteiger partial charge in [-0.15, -0.1) is 0 Å². The molecule has 1 unspecified atom stereocenters. The van der Waals surface area contributed by atoms with Gasteiger partial charge in [0.05, 0.1) is 7.11 Å². The zero-order chi connectivity index (χ0) is 11.1. The van der Waals surface area contributed by atoms with Crippen molar-refractivity contribution in [2.75, 3.05) is 7.11 Å². The molecule has 0 radical (unpaired) electrons. The highest BCUT2D eigenvalue weighted by molar-refractivity contribution is 5.52. The van der Waals surface area contributed by atoms with Crippen molar-refractivity contribution in [2.45, 2.75) is 26.2 Å². The van der Waals surface area contributed by atoms with Crippen molar-refractivity contribution < 1.29 is 9.53 Å². The van der Waals surface area contributed by atoms with Gasteiger partial charge in [-0.3, -0.25) is 0 Å². The smallest absolute Gasteiger partial charge is 0.122 e. The number of hydrogen-bond acceptors (Lipinski definition) is 2. The van der Waals surface area contributed by atoms with Gasteiger partial charge in [-0.25, -0.2) is 0 Å². The molecule has 1 rings (SSSR count). The van der Waals surface area contributed by atoms with E-state index in [2.05, 4.69) is 12.1 Å². The first-order valence-corrected chi connectivity index (χ1v) is 5.34. The predicted molar refractivity (Wildman–Crippen MR) is 61.2 cm³/mol. The number of benzene rings is 1. The molecule has 0 saturated carbocycles. The van der Waals surface area contributed by atoms with E-state index in [1.165, 1.54) is 5.56 Å². The van der Waals surface area contributed by atoms with Crippen molar-refractivity contribution in [3.8, 4) is 5.75 Å². The first-order valence-electron chi connectivity index (χ1n) is 5.34. The average molecular weight is 206 g/mol. The maximum Gasteiger partial charge on any atom is 0.122 e. The van der Waals surface area contributed by atoms with E-state index in [0.29, 0.717) is 0 Å². The normalized spacial score (nSPS) is 12.1. The van der Waals surface area contributed by atoms with E-state index in [1.807, 2.05) is 19.1 Å². The Morgan fingerprint density at radius 2 is 2.00 bits per heavy atom. The highest BCUT2D eigenvalue weighted by Gasteiger charge is 2.00. The number of carbonyl (C=O) groups excluding carboxylic acids is 1. The Balaban J connectivity index is 2.34. The number of aldehydes is 1. The Hall–Kier alpha value is -1.31. The summed E-state index contributed by atoms with van der Waals surface area (Å²) in [5.41, 5.74) is 1.30. The lowest BCUT2D eigenvalue weighted by Gasteiger charge is -2.04. The summed E-state index contributed by atoms with van der Waals surface area (Å²) in [6.07, 6.45) is 4.08. The summed E-state index contributed by atoms with van der Waals surface area (Å²) in [4.78, 5) is 10.4. The van der Waals surface area contributed by atoms with Crippen molar-refractivity contribution in [3.05, 3.63) is 29.8 Å². The third-order valence-corrected chi connectivity index (χ3v) is 2.52. The van der Waals surface area contributed by atoms with Crippen LogP contribution in [0.2, 0.25) is 0 Å². The van der Waals surface area contributed by atoms with Gasteiger partial charge in [-0.1, -0.05) is 19.1 Å². The minimum Gasteiger partial charge on any atom is -0.497 e. The van der Waals surface area contributed by atoms with Gasteiger partial charge in [-0.2, -0.15) is 0 Å². The van der Waals surface area contributed by atoms with Crippen molar-refractivity contribution in [3.63, 3.8) is 0 Å². The molecule has 1 atom stereocenters. The van der Waals surface area contributed by atoms with Crippen LogP contribution < -0.4 is 4.74 Å². The van der Waals surface area contributed by atoms with E-state index in [0.717, 1.165) is 31.3 Å². The number of hydrogen-bond donors (Lipinski definition) is 0. The molecule has 0 fully saturated rings. The van der Waals surface area contributed by atoms with Gasteiger partial charge in [-0.05, 0) is 37.0 Å². The van der Waals surface area contributed by atoms with Gasteiger partial charge < -0.3 is 9.53 Å². The molecule has 1 aromatic rings. The minimum atomic E-state index is 0.184. The van der Waals surface area contributed by atoms with Crippen LogP contribution in [-0.2, 0) is 11.2 Å². The van der Waals surface area contributed by atoms with E-state index in [4.69, 9.17) is 4.74 Å². The third kappa shape index (κ3) is 4.15. The third-order valence-electron chi connectivity index (χ3n) is 2.52. The fourth-order valence-corrected chi connectivity index (χ4v) is 1.49. The molecule has 0 spiro atoms. The van der Waals surface area contributed by atoms with E-state index in [9.17, 15) is 4.79 Å². The molecule has 1 aromatic carbocycles. The molecule has 2 nitrogen and oxygen atoms in total. The van der Waals surface area contributed by atoms with Gasteiger partial charge in [0.1, 0.15) is 12.0 Å². The Morgan fingerprint density at radius 3 is 2.53 bits per heavy atom. The summed E-state index contributed by atoms with van der Waals surface area (Å²) in [5.74, 6) is 1.07. The van der Waals surface area contributed by atoms with E-state index >= 15 is 0 Å². The van der Waals surface area contributed by atoms with Crippen LogP contribution in [0.3, 0.4) is 0 Å². The predicted octanol–water partition coefficient (Wildman–Crippen LogP) is 2.85. The maximum absolute atomic E-state index is 10.4. The SMILES string of the molecule is COc1ccc(CCCC(C)C=O)cc1. The summed E-state index contributed by atoms with van der Waals surface area (Å²) in [6, 6.07) is 8.09. The van der Waals surface area contributed by atoms with Gasteiger partial charge in [0.2, 0.25) is 0 Å². The van der Waals surface area contributed by atoms with Crippen molar-refractivity contribution in [1.29, 1.82) is 0 Å².